The van der Waals surface area contributed by atoms with Crippen LogP contribution in [-0.2, 0) is 0 Å². The smallest absolute Gasteiger partial charge is 0.131 e. The minimum Gasteiger partial charge on any atom is -0.383 e. The second-order valence-electron chi connectivity index (χ2n) is 6.77. The highest BCUT2D eigenvalue weighted by molar-refractivity contribution is 6.21. The molecule has 1 aromatic rings. The van der Waals surface area contributed by atoms with Gasteiger partial charge in [-0.1, -0.05) is 32.1 Å². The number of nitrogens with two attached hydrogens (primary N) is 1. The van der Waals surface area contributed by atoms with E-state index in [0.29, 0.717) is 23.7 Å². The number of aromatic nitrogens is 2. The molecule has 1 aromatic heterocycles. The van der Waals surface area contributed by atoms with Crippen molar-refractivity contribution in [2.45, 2.75) is 51.0 Å². The van der Waals surface area contributed by atoms with Gasteiger partial charge in [-0.15, -0.1) is 0 Å². The van der Waals surface area contributed by atoms with Crippen molar-refractivity contribution in [3.63, 3.8) is 0 Å². The minimum absolute atomic E-state index is 0.0870. The Bertz CT molecular complexity index is 755. The summed E-state index contributed by atoms with van der Waals surface area (Å²) in [6.45, 7) is 0. The molecular weight excluding hydrogens is 312 g/mol. The zero-order chi connectivity index (χ0) is 17.6. The molecule has 3 rings (SSSR count). The maximum Gasteiger partial charge on any atom is 0.131 e. The minimum atomic E-state index is 0.0870. The molecule has 25 heavy (non-hydrogen) atoms. The summed E-state index contributed by atoms with van der Waals surface area (Å²) in [6.07, 6.45) is 16.3. The van der Waals surface area contributed by atoms with E-state index in [9.17, 15) is 5.26 Å². The second-order valence-corrected chi connectivity index (χ2v) is 6.77. The van der Waals surface area contributed by atoms with E-state index in [-0.39, 0.29) is 6.04 Å². The predicted molar refractivity (Wildman–Crippen MR) is 99.2 cm³/mol. The molecule has 3 N–H and O–H groups in total. The van der Waals surface area contributed by atoms with E-state index in [4.69, 9.17) is 11.1 Å². The number of amidine groups is 1. The summed E-state index contributed by atoms with van der Waals surface area (Å²) < 4.78 is 1.89. The van der Waals surface area contributed by atoms with Gasteiger partial charge in [0.05, 0.1) is 24.7 Å². The lowest BCUT2D eigenvalue weighted by Gasteiger charge is -2.25. The number of nitriles is 1. The molecule has 130 valence electrons. The van der Waals surface area contributed by atoms with Crippen LogP contribution in [0.2, 0.25) is 0 Å². The molecule has 0 saturated heterocycles. The van der Waals surface area contributed by atoms with E-state index in [1.165, 1.54) is 38.3 Å². The van der Waals surface area contributed by atoms with Crippen LogP contribution in [0.25, 0.3) is 5.57 Å². The number of nitrogens with zero attached hydrogens (tertiary/aromatic N) is 4. The largest absolute Gasteiger partial charge is 0.383 e. The molecular formula is C19H24N6. The highest BCUT2D eigenvalue weighted by atomic mass is 15.3. The summed E-state index contributed by atoms with van der Waals surface area (Å²) in [4.78, 5) is 4.04. The van der Waals surface area contributed by atoms with Gasteiger partial charge in [0.25, 0.3) is 0 Å². The Kier molecular flexibility index (Phi) is 5.44. The van der Waals surface area contributed by atoms with E-state index in [1.807, 2.05) is 17.0 Å². The third-order valence-corrected chi connectivity index (χ3v) is 5.11. The molecule has 1 aliphatic carbocycles. The first kappa shape index (κ1) is 17.2. The first-order valence-corrected chi connectivity index (χ1v) is 8.89. The first-order valence-electron chi connectivity index (χ1n) is 8.89. The molecule has 6 heteroatoms. The van der Waals surface area contributed by atoms with Gasteiger partial charge in [-0.2, -0.15) is 10.4 Å². The van der Waals surface area contributed by atoms with E-state index in [1.54, 1.807) is 12.4 Å². The molecule has 2 aliphatic rings. The molecule has 0 amide bonds. The van der Waals surface area contributed by atoms with Crippen molar-refractivity contribution >= 4 is 17.6 Å². The van der Waals surface area contributed by atoms with Crippen LogP contribution in [0.1, 0.15) is 56.6 Å². The number of hydrogen-bond acceptors (Lipinski definition) is 5. The van der Waals surface area contributed by atoms with E-state index >= 15 is 0 Å². The van der Waals surface area contributed by atoms with Crippen LogP contribution < -0.4 is 5.73 Å². The average Bonchev–Trinajstić information content (AvgIpc) is 3.27. The summed E-state index contributed by atoms with van der Waals surface area (Å²) in [5, 5.41) is 21.4. The Balaban J connectivity index is 1.82. The number of hydrogen-bond donors (Lipinski definition) is 2. The lowest BCUT2D eigenvalue weighted by Crippen LogP contribution is -2.16. The Hall–Kier alpha value is -2.68. The Labute approximate surface area is 148 Å². The van der Waals surface area contributed by atoms with Crippen LogP contribution in [0.5, 0.6) is 0 Å². The Morgan fingerprint density at radius 2 is 2.24 bits per heavy atom. The molecule has 0 radical (unpaired) electrons. The van der Waals surface area contributed by atoms with Crippen molar-refractivity contribution in [1.82, 2.24) is 9.78 Å². The van der Waals surface area contributed by atoms with E-state index in [2.05, 4.69) is 16.2 Å². The SMILES string of the molecule is N#CCC(CC1CCCCC1)n1cc(/C(C=N)=C2\C=CN=C2N)cn1. The van der Waals surface area contributed by atoms with Crippen LogP contribution in [-0.4, -0.2) is 21.8 Å². The zero-order valence-electron chi connectivity index (χ0n) is 14.4. The molecule has 1 fully saturated rings. The number of nitrogens with one attached hydrogen (secondary N) is 1. The quantitative estimate of drug-likeness (QED) is 0.775. The fourth-order valence-corrected chi connectivity index (χ4v) is 3.77. The van der Waals surface area contributed by atoms with Crippen molar-refractivity contribution in [3.05, 3.63) is 35.8 Å². The third kappa shape index (κ3) is 3.87. The summed E-state index contributed by atoms with van der Waals surface area (Å²) in [5.74, 6) is 1.10. The van der Waals surface area contributed by atoms with Gasteiger partial charge in [-0.05, 0) is 18.4 Å². The molecule has 0 bridgehead atoms. The summed E-state index contributed by atoms with van der Waals surface area (Å²) in [6, 6.07) is 2.39. The number of aliphatic imine (C=N–C) groups is 1. The molecule has 1 unspecified atom stereocenters. The van der Waals surface area contributed by atoms with Crippen molar-refractivity contribution in [3.8, 4) is 6.07 Å². The molecule has 1 saturated carbocycles. The summed E-state index contributed by atoms with van der Waals surface area (Å²) in [5.41, 5.74) is 8.17. The van der Waals surface area contributed by atoms with Crippen molar-refractivity contribution in [2.24, 2.45) is 16.6 Å². The average molecular weight is 336 g/mol. The third-order valence-electron chi connectivity index (χ3n) is 5.11. The Morgan fingerprint density at radius 1 is 1.44 bits per heavy atom. The van der Waals surface area contributed by atoms with Crippen LogP contribution in [0.3, 0.4) is 0 Å². The summed E-state index contributed by atoms with van der Waals surface area (Å²) in [7, 11) is 0. The van der Waals surface area contributed by atoms with Gasteiger partial charge < -0.3 is 11.1 Å². The van der Waals surface area contributed by atoms with Gasteiger partial charge in [0.15, 0.2) is 0 Å². The first-order chi connectivity index (χ1) is 12.2. The van der Waals surface area contributed by atoms with Crippen LogP contribution in [0, 0.1) is 22.7 Å². The molecule has 0 spiro atoms. The van der Waals surface area contributed by atoms with Crippen LogP contribution in [0.4, 0.5) is 0 Å². The molecule has 1 aliphatic heterocycles. The van der Waals surface area contributed by atoms with Gasteiger partial charge >= 0.3 is 0 Å². The standard InChI is InChI=1S/C19H24N6/c20-8-6-16(10-14-4-2-1-3-5-14)25-13-15(12-24-25)18(11-21)17-7-9-23-19(17)22/h7,9,11-14,16,21H,1-6,10H2,(H2,22,23)/b18-17+,21-11?. The predicted octanol–water partition coefficient (Wildman–Crippen LogP) is 3.60. The Morgan fingerprint density at radius 3 is 2.88 bits per heavy atom. The lowest BCUT2D eigenvalue weighted by molar-refractivity contribution is 0.278. The van der Waals surface area contributed by atoms with Crippen molar-refractivity contribution < 1.29 is 0 Å². The fourth-order valence-electron chi connectivity index (χ4n) is 3.77. The number of rotatable bonds is 6. The van der Waals surface area contributed by atoms with E-state index < -0.39 is 0 Å². The zero-order valence-corrected chi connectivity index (χ0v) is 14.4. The maximum absolute atomic E-state index is 9.22. The molecule has 1 atom stereocenters. The summed E-state index contributed by atoms with van der Waals surface area (Å²) >= 11 is 0. The second kappa shape index (κ2) is 7.93. The normalized spacial score (nSPS) is 20.8. The van der Waals surface area contributed by atoms with Crippen molar-refractivity contribution in [1.29, 1.82) is 10.7 Å². The van der Waals surface area contributed by atoms with Crippen LogP contribution in [0.15, 0.2) is 35.2 Å². The van der Waals surface area contributed by atoms with Gasteiger partial charge in [-0.3, -0.25) is 4.68 Å². The van der Waals surface area contributed by atoms with Crippen molar-refractivity contribution in [2.75, 3.05) is 0 Å². The fraction of sp³-hybridized carbons (Fsp3) is 0.474. The van der Waals surface area contributed by atoms with Gasteiger partial charge in [0.2, 0.25) is 0 Å². The van der Waals surface area contributed by atoms with Crippen LogP contribution >= 0.6 is 0 Å². The van der Waals surface area contributed by atoms with Gasteiger partial charge in [0, 0.05) is 35.3 Å². The number of allylic oxidation sites excluding steroid dienone is 1. The monoisotopic (exact) mass is 336 g/mol. The topological polar surface area (TPSA) is 104 Å². The highest BCUT2D eigenvalue weighted by Gasteiger charge is 2.22. The highest BCUT2D eigenvalue weighted by Crippen LogP contribution is 2.32. The molecule has 0 aromatic carbocycles. The molecule has 2 heterocycles. The van der Waals surface area contributed by atoms with Gasteiger partial charge in [-0.25, -0.2) is 4.99 Å². The van der Waals surface area contributed by atoms with Gasteiger partial charge in [0.1, 0.15) is 5.84 Å². The maximum atomic E-state index is 9.22. The van der Waals surface area contributed by atoms with E-state index in [0.717, 1.165) is 17.6 Å². The molecule has 6 nitrogen and oxygen atoms in total. The lowest BCUT2D eigenvalue weighted by atomic mass is 9.84.